The van der Waals surface area contributed by atoms with Crippen LogP contribution in [0.2, 0.25) is 0 Å². The predicted octanol–water partition coefficient (Wildman–Crippen LogP) is 4.05. The molecule has 0 unspecified atom stereocenters. The minimum absolute atomic E-state index is 0.686. The normalized spacial score (nSPS) is 14.6. The number of benzene rings is 1. The lowest BCUT2D eigenvalue weighted by atomic mass is 10.2. The van der Waals surface area contributed by atoms with E-state index in [2.05, 4.69) is 45.9 Å². The molecule has 0 amide bonds. The number of ether oxygens (including phenoxy) is 1. The van der Waals surface area contributed by atoms with Gasteiger partial charge in [-0.1, -0.05) is 35.9 Å². The Balaban J connectivity index is 1.50. The van der Waals surface area contributed by atoms with Crippen LogP contribution in [0.4, 0.5) is 11.6 Å². The van der Waals surface area contributed by atoms with Crippen LogP contribution in [0.5, 0.6) is 0 Å². The number of nitrogens with zero attached hydrogens (tertiary/aromatic N) is 5. The molecule has 0 bridgehead atoms. The van der Waals surface area contributed by atoms with Crippen LogP contribution >= 0.6 is 11.3 Å². The summed E-state index contributed by atoms with van der Waals surface area (Å²) in [5.74, 6) is 1.67. The van der Waals surface area contributed by atoms with Gasteiger partial charge in [-0.15, -0.1) is 11.3 Å². The highest BCUT2D eigenvalue weighted by atomic mass is 32.1. The largest absolute Gasteiger partial charge is 0.378 e. The fourth-order valence-corrected chi connectivity index (χ4v) is 4.18. The predicted molar refractivity (Wildman–Crippen MR) is 122 cm³/mol. The molecular weight excluding hydrogens is 396 g/mol. The van der Waals surface area contributed by atoms with Gasteiger partial charge in [-0.3, -0.25) is 5.43 Å². The molecule has 0 saturated carbocycles. The van der Waals surface area contributed by atoms with E-state index >= 15 is 0 Å². The lowest BCUT2D eigenvalue weighted by Gasteiger charge is -2.29. The zero-order chi connectivity index (χ0) is 20.3. The van der Waals surface area contributed by atoms with Crippen LogP contribution in [0, 0.1) is 6.92 Å². The molecule has 8 heteroatoms. The van der Waals surface area contributed by atoms with Gasteiger partial charge in [-0.2, -0.15) is 14.7 Å². The standard InChI is InChI=1S/C22H22N6OS/c1-16-4-2-5-17(12-16)15-23-25-20-14-22(27-7-9-29-10-8-27)28-21(24-20)13-18(26-28)19-6-3-11-30-19/h2-6,11-15H,7-10H2,1H3,(H,24,25)/b23-15+. The van der Waals surface area contributed by atoms with Gasteiger partial charge < -0.3 is 9.64 Å². The van der Waals surface area contributed by atoms with Crippen LogP contribution < -0.4 is 10.3 Å². The molecule has 0 spiro atoms. The van der Waals surface area contributed by atoms with Crippen molar-refractivity contribution in [1.82, 2.24) is 14.6 Å². The molecule has 1 saturated heterocycles. The molecule has 5 rings (SSSR count). The number of aryl methyl sites for hydroxylation is 1. The number of aromatic nitrogens is 3. The first kappa shape index (κ1) is 18.8. The second-order valence-electron chi connectivity index (χ2n) is 7.16. The molecule has 4 aromatic rings. The van der Waals surface area contributed by atoms with Crippen molar-refractivity contribution in [3.63, 3.8) is 0 Å². The lowest BCUT2D eigenvalue weighted by molar-refractivity contribution is 0.122. The first-order valence-corrected chi connectivity index (χ1v) is 10.8. The quantitative estimate of drug-likeness (QED) is 0.391. The highest BCUT2D eigenvalue weighted by Crippen LogP contribution is 2.28. The topological polar surface area (TPSA) is 67.0 Å². The van der Waals surface area contributed by atoms with Crippen molar-refractivity contribution in [3.05, 3.63) is 65.0 Å². The van der Waals surface area contributed by atoms with Gasteiger partial charge >= 0.3 is 0 Å². The minimum atomic E-state index is 0.686. The summed E-state index contributed by atoms with van der Waals surface area (Å²) in [4.78, 5) is 8.13. The van der Waals surface area contributed by atoms with E-state index in [-0.39, 0.29) is 0 Å². The zero-order valence-corrected chi connectivity index (χ0v) is 17.5. The SMILES string of the molecule is Cc1cccc(/C=N/Nc2cc(N3CCOCC3)n3nc(-c4cccs4)cc3n2)c1. The lowest BCUT2D eigenvalue weighted by Crippen LogP contribution is -2.37. The third-order valence-electron chi connectivity index (χ3n) is 4.95. The number of rotatable bonds is 5. The smallest absolute Gasteiger partial charge is 0.160 e. The van der Waals surface area contributed by atoms with Crippen molar-refractivity contribution >= 4 is 34.8 Å². The molecule has 7 nitrogen and oxygen atoms in total. The molecule has 1 aliphatic rings. The fourth-order valence-electron chi connectivity index (χ4n) is 3.50. The molecule has 0 atom stereocenters. The van der Waals surface area contributed by atoms with Crippen LogP contribution in [-0.4, -0.2) is 47.1 Å². The Hall–Kier alpha value is -3.23. The molecule has 1 aliphatic heterocycles. The van der Waals surface area contributed by atoms with Crippen LogP contribution in [0.25, 0.3) is 16.2 Å². The maximum absolute atomic E-state index is 5.53. The van der Waals surface area contributed by atoms with E-state index < -0.39 is 0 Å². The van der Waals surface area contributed by atoms with E-state index in [0.29, 0.717) is 19.0 Å². The Labute approximate surface area is 178 Å². The Morgan fingerprint density at radius 3 is 2.83 bits per heavy atom. The van der Waals surface area contributed by atoms with E-state index in [1.165, 1.54) is 5.56 Å². The van der Waals surface area contributed by atoms with Gasteiger partial charge in [-0.05, 0) is 23.9 Å². The van der Waals surface area contributed by atoms with E-state index in [9.17, 15) is 0 Å². The van der Waals surface area contributed by atoms with Crippen molar-refractivity contribution in [2.24, 2.45) is 5.10 Å². The molecule has 30 heavy (non-hydrogen) atoms. The summed E-state index contributed by atoms with van der Waals surface area (Å²) in [6.45, 7) is 5.12. The van der Waals surface area contributed by atoms with Gasteiger partial charge in [0.25, 0.3) is 0 Å². The van der Waals surface area contributed by atoms with Crippen LogP contribution in [0.3, 0.4) is 0 Å². The first-order chi connectivity index (χ1) is 14.8. The monoisotopic (exact) mass is 418 g/mol. The number of anilines is 2. The summed E-state index contributed by atoms with van der Waals surface area (Å²) in [6.07, 6.45) is 1.81. The van der Waals surface area contributed by atoms with Gasteiger partial charge in [0.2, 0.25) is 0 Å². The van der Waals surface area contributed by atoms with E-state index in [1.807, 2.05) is 34.8 Å². The summed E-state index contributed by atoms with van der Waals surface area (Å²) < 4.78 is 7.44. The molecule has 1 aromatic carbocycles. The fraction of sp³-hybridized carbons (Fsp3) is 0.227. The van der Waals surface area contributed by atoms with E-state index in [4.69, 9.17) is 14.8 Å². The van der Waals surface area contributed by atoms with Gasteiger partial charge in [-0.25, -0.2) is 4.98 Å². The van der Waals surface area contributed by atoms with Gasteiger partial charge in [0.1, 0.15) is 11.5 Å². The van der Waals surface area contributed by atoms with E-state index in [0.717, 1.165) is 40.7 Å². The maximum atomic E-state index is 5.53. The van der Waals surface area contributed by atoms with Crippen molar-refractivity contribution in [2.45, 2.75) is 6.92 Å². The number of thiophene rings is 1. The number of hydrogen-bond acceptors (Lipinski definition) is 7. The molecular formula is C22H22N6OS. The molecule has 4 heterocycles. The number of hydrazone groups is 1. The third kappa shape index (κ3) is 3.92. The summed E-state index contributed by atoms with van der Waals surface area (Å²) >= 11 is 1.67. The van der Waals surface area contributed by atoms with Crippen LogP contribution in [0.1, 0.15) is 11.1 Å². The van der Waals surface area contributed by atoms with Crippen molar-refractivity contribution in [1.29, 1.82) is 0 Å². The molecule has 1 N–H and O–H groups in total. The molecule has 0 aliphatic carbocycles. The van der Waals surface area contributed by atoms with Gasteiger partial charge in [0, 0.05) is 25.2 Å². The second-order valence-corrected chi connectivity index (χ2v) is 8.11. The summed E-state index contributed by atoms with van der Waals surface area (Å²) in [7, 11) is 0. The highest BCUT2D eigenvalue weighted by Gasteiger charge is 2.18. The Kier molecular flexibility index (Phi) is 5.17. The van der Waals surface area contributed by atoms with Gasteiger partial charge in [0.05, 0.1) is 24.3 Å². The van der Waals surface area contributed by atoms with Crippen molar-refractivity contribution in [3.8, 4) is 10.6 Å². The van der Waals surface area contributed by atoms with Gasteiger partial charge in [0.15, 0.2) is 11.5 Å². The average Bonchev–Trinajstić information content (AvgIpc) is 3.44. The molecule has 152 valence electrons. The average molecular weight is 419 g/mol. The summed E-state index contributed by atoms with van der Waals surface area (Å²) in [6, 6.07) is 16.3. The highest BCUT2D eigenvalue weighted by molar-refractivity contribution is 7.13. The zero-order valence-electron chi connectivity index (χ0n) is 16.7. The number of hydrogen-bond donors (Lipinski definition) is 1. The number of fused-ring (bicyclic) bond motifs is 1. The van der Waals surface area contributed by atoms with E-state index in [1.54, 1.807) is 17.6 Å². The summed E-state index contributed by atoms with van der Waals surface area (Å²) in [5.41, 5.74) is 7.05. The Morgan fingerprint density at radius 2 is 2.03 bits per heavy atom. The van der Waals surface area contributed by atoms with Crippen molar-refractivity contribution < 1.29 is 4.74 Å². The van der Waals surface area contributed by atoms with Crippen LogP contribution in [0.15, 0.2) is 59.0 Å². The Morgan fingerprint density at radius 1 is 1.13 bits per heavy atom. The van der Waals surface area contributed by atoms with Crippen LogP contribution in [-0.2, 0) is 4.74 Å². The maximum Gasteiger partial charge on any atom is 0.160 e. The van der Waals surface area contributed by atoms with Crippen molar-refractivity contribution in [2.75, 3.05) is 36.6 Å². The molecule has 3 aromatic heterocycles. The third-order valence-corrected chi connectivity index (χ3v) is 5.84. The summed E-state index contributed by atoms with van der Waals surface area (Å²) in [5, 5.41) is 11.3. The Bertz CT molecular complexity index is 1180. The molecule has 1 fully saturated rings. The first-order valence-electron chi connectivity index (χ1n) is 9.89. The number of morpholine rings is 1. The molecule has 0 radical (unpaired) electrons. The second kappa shape index (κ2) is 8.25. The minimum Gasteiger partial charge on any atom is -0.378 e. The number of nitrogens with one attached hydrogen (secondary N) is 1.